The molecule has 2 N–H and O–H groups in total. The van der Waals surface area contributed by atoms with Gasteiger partial charge in [0.2, 0.25) is 10.0 Å². The molecule has 19 heavy (non-hydrogen) atoms. The Kier molecular flexibility index (Phi) is 4.81. The molecule has 0 fully saturated rings. The Morgan fingerprint density at radius 2 is 1.79 bits per heavy atom. The highest BCUT2D eigenvalue weighted by molar-refractivity contribution is 7.89. The highest BCUT2D eigenvalue weighted by Gasteiger charge is 2.19. The van der Waals surface area contributed by atoms with Gasteiger partial charge in [0.25, 0.3) is 0 Å². The van der Waals surface area contributed by atoms with Gasteiger partial charge in [-0.05, 0) is 24.1 Å². The number of rotatable bonds is 5. The molecule has 0 radical (unpaired) electrons. The number of hydrogen-bond donors (Lipinski definition) is 1. The third-order valence-electron chi connectivity index (χ3n) is 2.83. The summed E-state index contributed by atoms with van der Waals surface area (Å²) in [5.41, 5.74) is 7.27. The lowest BCUT2D eigenvalue weighted by Crippen LogP contribution is -2.25. The Bertz CT molecular complexity index is 539. The number of sulfonamides is 1. The van der Waals surface area contributed by atoms with E-state index in [1.165, 1.54) is 24.5 Å². The third-order valence-corrected chi connectivity index (χ3v) is 4.64. The van der Waals surface area contributed by atoms with E-state index in [0.717, 1.165) is 12.2 Å². The van der Waals surface area contributed by atoms with E-state index in [1.54, 1.807) is 12.1 Å². The van der Waals surface area contributed by atoms with Crippen LogP contribution in [0.3, 0.4) is 0 Å². The third kappa shape index (κ3) is 3.61. The average Bonchev–Trinajstić information content (AvgIpc) is 2.27. The fourth-order valence-corrected chi connectivity index (χ4v) is 2.79. The second-order valence-corrected chi connectivity index (χ2v) is 7.43. The Balaban J connectivity index is 3.22. The zero-order valence-corrected chi connectivity index (χ0v) is 13.0. The highest BCUT2D eigenvalue weighted by atomic mass is 32.2. The van der Waals surface area contributed by atoms with Gasteiger partial charge in [0.05, 0.1) is 16.3 Å². The molecule has 0 aliphatic heterocycles. The molecule has 1 rings (SSSR count). The summed E-state index contributed by atoms with van der Waals surface area (Å²) in [6, 6.07) is 4.81. The maximum absolute atomic E-state index is 12.1. The smallest absolute Gasteiger partial charge is 0.242 e. The molecule has 6 heteroatoms. The average molecular weight is 285 g/mol. The van der Waals surface area contributed by atoms with Gasteiger partial charge in [0.15, 0.2) is 0 Å². The van der Waals surface area contributed by atoms with Crippen LogP contribution in [-0.4, -0.2) is 40.4 Å². The second-order valence-electron chi connectivity index (χ2n) is 5.28. The minimum atomic E-state index is -3.43. The van der Waals surface area contributed by atoms with E-state index in [2.05, 4.69) is 13.8 Å². The van der Waals surface area contributed by atoms with E-state index >= 15 is 0 Å². The monoisotopic (exact) mass is 285 g/mol. The number of nitrogens with two attached hydrogens (primary N) is 1. The first kappa shape index (κ1) is 15.8. The molecule has 0 amide bonds. The Morgan fingerprint density at radius 1 is 1.21 bits per heavy atom. The molecule has 0 unspecified atom stereocenters. The van der Waals surface area contributed by atoms with Gasteiger partial charge in [-0.25, -0.2) is 12.7 Å². The van der Waals surface area contributed by atoms with Crippen molar-refractivity contribution in [3.05, 3.63) is 18.2 Å². The second kappa shape index (κ2) is 5.79. The Labute approximate surface area is 116 Å². The largest absolute Gasteiger partial charge is 0.397 e. The van der Waals surface area contributed by atoms with Crippen molar-refractivity contribution in [3.8, 4) is 0 Å². The van der Waals surface area contributed by atoms with Crippen LogP contribution in [-0.2, 0) is 10.0 Å². The van der Waals surface area contributed by atoms with Crippen LogP contribution in [0, 0.1) is 5.92 Å². The van der Waals surface area contributed by atoms with Gasteiger partial charge < -0.3 is 10.6 Å². The number of hydrogen-bond acceptors (Lipinski definition) is 4. The van der Waals surface area contributed by atoms with Crippen LogP contribution in [0.25, 0.3) is 0 Å². The zero-order valence-electron chi connectivity index (χ0n) is 12.2. The van der Waals surface area contributed by atoms with Gasteiger partial charge in [-0.1, -0.05) is 13.8 Å². The van der Waals surface area contributed by atoms with Crippen molar-refractivity contribution in [3.63, 3.8) is 0 Å². The van der Waals surface area contributed by atoms with Crippen molar-refractivity contribution >= 4 is 21.4 Å². The molecular formula is C13H23N3O2S. The number of nitrogens with zero attached hydrogens (tertiary/aromatic N) is 2. The van der Waals surface area contributed by atoms with Crippen LogP contribution in [0.1, 0.15) is 13.8 Å². The summed E-state index contributed by atoms with van der Waals surface area (Å²) in [6.45, 7) is 5.02. The van der Waals surface area contributed by atoms with E-state index in [0.29, 0.717) is 11.6 Å². The van der Waals surface area contributed by atoms with E-state index < -0.39 is 10.0 Å². The number of anilines is 2. The standard InChI is InChI=1S/C13H23N3O2S/c1-10(2)9-16(5)13-8-11(6-7-12(13)14)19(17,18)15(3)4/h6-8,10H,9,14H2,1-5H3. The van der Waals surface area contributed by atoms with E-state index in [9.17, 15) is 8.42 Å². The summed E-state index contributed by atoms with van der Waals surface area (Å²) in [7, 11) is 1.52. The minimum absolute atomic E-state index is 0.261. The van der Waals surface area contributed by atoms with Crippen molar-refractivity contribution in [2.24, 2.45) is 5.92 Å². The minimum Gasteiger partial charge on any atom is -0.397 e. The van der Waals surface area contributed by atoms with Crippen LogP contribution in [0.15, 0.2) is 23.1 Å². The predicted molar refractivity (Wildman–Crippen MR) is 79.8 cm³/mol. The molecule has 1 aromatic carbocycles. The van der Waals surface area contributed by atoms with Crippen LogP contribution >= 0.6 is 0 Å². The van der Waals surface area contributed by atoms with Gasteiger partial charge in [-0.2, -0.15) is 0 Å². The summed E-state index contributed by atoms with van der Waals surface area (Å²) in [5.74, 6) is 0.471. The molecule has 0 spiro atoms. The lowest BCUT2D eigenvalue weighted by molar-refractivity contribution is 0.520. The molecule has 0 atom stereocenters. The quantitative estimate of drug-likeness (QED) is 0.835. The Morgan fingerprint density at radius 3 is 2.26 bits per heavy atom. The SMILES string of the molecule is CC(C)CN(C)c1cc(S(=O)(=O)N(C)C)ccc1N. The lowest BCUT2D eigenvalue weighted by Gasteiger charge is -2.24. The molecule has 0 saturated heterocycles. The van der Waals surface area contributed by atoms with Crippen molar-refractivity contribution in [2.45, 2.75) is 18.7 Å². The van der Waals surface area contributed by atoms with Crippen molar-refractivity contribution in [1.82, 2.24) is 4.31 Å². The Hall–Kier alpha value is -1.27. The predicted octanol–water partition coefficient (Wildman–Crippen LogP) is 1.61. The molecule has 5 nitrogen and oxygen atoms in total. The molecule has 0 heterocycles. The molecule has 0 aliphatic carbocycles. The van der Waals surface area contributed by atoms with Crippen LogP contribution in [0.2, 0.25) is 0 Å². The van der Waals surface area contributed by atoms with Gasteiger partial charge in [-0.15, -0.1) is 0 Å². The first-order valence-corrected chi connectivity index (χ1v) is 7.63. The molecular weight excluding hydrogens is 262 g/mol. The topological polar surface area (TPSA) is 66.6 Å². The van der Waals surface area contributed by atoms with Gasteiger partial charge in [0.1, 0.15) is 0 Å². The summed E-state index contributed by atoms with van der Waals surface area (Å²) in [5, 5.41) is 0. The molecule has 0 aromatic heterocycles. The van der Waals surface area contributed by atoms with Crippen LogP contribution < -0.4 is 10.6 Å². The normalized spacial score (nSPS) is 12.2. The number of nitrogen functional groups attached to an aromatic ring is 1. The highest BCUT2D eigenvalue weighted by Crippen LogP contribution is 2.27. The molecule has 0 aliphatic rings. The van der Waals surface area contributed by atoms with E-state index in [-0.39, 0.29) is 4.90 Å². The summed E-state index contributed by atoms with van der Waals surface area (Å²) < 4.78 is 25.4. The lowest BCUT2D eigenvalue weighted by atomic mass is 10.2. The molecule has 1 aromatic rings. The van der Waals surface area contributed by atoms with Gasteiger partial charge >= 0.3 is 0 Å². The van der Waals surface area contributed by atoms with Crippen LogP contribution in [0.4, 0.5) is 11.4 Å². The van der Waals surface area contributed by atoms with Crippen molar-refractivity contribution in [1.29, 1.82) is 0 Å². The summed E-state index contributed by atoms with van der Waals surface area (Å²) in [4.78, 5) is 2.24. The van der Waals surface area contributed by atoms with E-state index in [4.69, 9.17) is 5.73 Å². The molecule has 0 saturated carbocycles. The van der Waals surface area contributed by atoms with E-state index in [1.807, 2.05) is 11.9 Å². The number of benzene rings is 1. The van der Waals surface area contributed by atoms with Crippen LogP contribution in [0.5, 0.6) is 0 Å². The summed E-state index contributed by atoms with van der Waals surface area (Å²) in [6.07, 6.45) is 0. The maximum atomic E-state index is 12.1. The maximum Gasteiger partial charge on any atom is 0.242 e. The first-order chi connectivity index (χ1) is 8.66. The summed E-state index contributed by atoms with van der Waals surface area (Å²) >= 11 is 0. The van der Waals surface area contributed by atoms with Gasteiger partial charge in [-0.3, -0.25) is 0 Å². The van der Waals surface area contributed by atoms with Crippen molar-refractivity contribution < 1.29 is 8.42 Å². The van der Waals surface area contributed by atoms with Crippen molar-refractivity contribution in [2.75, 3.05) is 38.3 Å². The van der Waals surface area contributed by atoms with Gasteiger partial charge in [0, 0.05) is 27.7 Å². The molecule has 108 valence electrons. The fraction of sp³-hybridized carbons (Fsp3) is 0.538. The zero-order chi connectivity index (χ0) is 14.8. The fourth-order valence-electron chi connectivity index (χ4n) is 1.87. The first-order valence-electron chi connectivity index (χ1n) is 6.19. The molecule has 0 bridgehead atoms.